The van der Waals surface area contributed by atoms with E-state index in [1.165, 1.54) is 0 Å². The number of hydrogen-bond donors (Lipinski definition) is 0. The van der Waals surface area contributed by atoms with Gasteiger partial charge in [-0.25, -0.2) is 9.97 Å². The van der Waals surface area contributed by atoms with E-state index in [1.54, 1.807) is 12.4 Å². The van der Waals surface area contributed by atoms with Gasteiger partial charge in [0.2, 0.25) is 0 Å². The van der Waals surface area contributed by atoms with Gasteiger partial charge in [0, 0.05) is 12.4 Å². The Bertz CT molecular complexity index is 388. The normalized spacial score (nSPS) is 10.3. The zero-order valence-electron chi connectivity index (χ0n) is 5.53. The molecule has 2 heterocycles. The molecule has 2 aromatic rings. The highest BCUT2D eigenvalue weighted by molar-refractivity contribution is 14.1. The van der Waals surface area contributed by atoms with E-state index in [0.29, 0.717) is 5.65 Å². The fraction of sp³-hybridized carbons (Fsp3) is 0. The minimum absolute atomic E-state index is 0.708. The number of aromatic nitrogens is 3. The lowest BCUT2D eigenvalue weighted by Gasteiger charge is -1.93. The fourth-order valence-electron chi connectivity index (χ4n) is 0.831. The number of nitrogens with zero attached hydrogens (tertiary/aromatic N) is 3. The maximum Gasteiger partial charge on any atom is 0.179 e. The third kappa shape index (κ3) is 1.30. The van der Waals surface area contributed by atoms with Crippen molar-refractivity contribution in [1.82, 2.24) is 15.0 Å². The van der Waals surface area contributed by atoms with E-state index in [2.05, 4.69) is 37.5 Å². The molecule has 0 fully saturated rings. The maximum absolute atomic E-state index is 4.19. The first-order valence-corrected chi connectivity index (χ1v) is 4.17. The second-order valence-corrected chi connectivity index (χ2v) is 3.14. The summed E-state index contributed by atoms with van der Waals surface area (Å²) in [6.07, 6.45) is 3.31. The second-order valence-electron chi connectivity index (χ2n) is 2.03. The van der Waals surface area contributed by atoms with E-state index in [0.717, 1.165) is 9.22 Å². The quantitative estimate of drug-likeness (QED) is 0.531. The number of fused-ring (bicyclic) bond motifs is 1. The van der Waals surface area contributed by atoms with Crippen molar-refractivity contribution in [3.05, 3.63) is 28.2 Å². The van der Waals surface area contributed by atoms with Crippen LogP contribution in [0, 0.1) is 3.70 Å². The molecular weight excluding hydrogens is 253 g/mol. The molecule has 0 N–H and O–H groups in total. The Labute approximate surface area is 77.0 Å². The van der Waals surface area contributed by atoms with Crippen molar-refractivity contribution in [2.24, 2.45) is 0 Å². The molecule has 0 spiro atoms. The summed E-state index contributed by atoms with van der Waals surface area (Å²) >= 11 is 2.15. The topological polar surface area (TPSA) is 38.7 Å². The largest absolute Gasteiger partial charge is 0.251 e. The summed E-state index contributed by atoms with van der Waals surface area (Å²) in [7, 11) is 0. The second kappa shape index (κ2) is 2.69. The minimum atomic E-state index is 0.708. The van der Waals surface area contributed by atoms with Crippen LogP contribution in [-0.2, 0) is 0 Å². The summed E-state index contributed by atoms with van der Waals surface area (Å²) < 4.78 is 0.940. The van der Waals surface area contributed by atoms with E-state index in [9.17, 15) is 0 Å². The van der Waals surface area contributed by atoms with Crippen LogP contribution in [0.4, 0.5) is 0 Å². The highest BCUT2D eigenvalue weighted by atomic mass is 127. The van der Waals surface area contributed by atoms with E-state index in [4.69, 9.17) is 0 Å². The van der Waals surface area contributed by atoms with Crippen molar-refractivity contribution < 1.29 is 0 Å². The van der Waals surface area contributed by atoms with Gasteiger partial charge in [-0.3, -0.25) is 4.98 Å². The van der Waals surface area contributed by atoms with Crippen LogP contribution in [0.15, 0.2) is 24.5 Å². The number of pyridine rings is 1. The van der Waals surface area contributed by atoms with Gasteiger partial charge in [0.25, 0.3) is 0 Å². The van der Waals surface area contributed by atoms with Crippen LogP contribution in [-0.4, -0.2) is 15.0 Å². The Hall–Kier alpha value is -0.780. The smallest absolute Gasteiger partial charge is 0.179 e. The van der Waals surface area contributed by atoms with Gasteiger partial charge >= 0.3 is 0 Å². The van der Waals surface area contributed by atoms with Crippen LogP contribution >= 0.6 is 22.6 Å². The first kappa shape index (κ1) is 6.90. The molecule has 0 aromatic carbocycles. The fourth-order valence-corrected chi connectivity index (χ4v) is 1.24. The first-order chi connectivity index (χ1) is 5.36. The number of hydrogen-bond acceptors (Lipinski definition) is 3. The molecular formula is C7H4IN3. The Morgan fingerprint density at radius 2 is 1.91 bits per heavy atom. The molecule has 2 rings (SSSR count). The summed E-state index contributed by atoms with van der Waals surface area (Å²) in [4.78, 5) is 12.3. The minimum Gasteiger partial charge on any atom is -0.251 e. The van der Waals surface area contributed by atoms with Gasteiger partial charge in [-0.15, -0.1) is 0 Å². The molecule has 2 aromatic heterocycles. The van der Waals surface area contributed by atoms with Crippen molar-refractivity contribution in [2.75, 3.05) is 0 Å². The predicted octanol–water partition coefficient (Wildman–Crippen LogP) is 1.63. The molecule has 0 aliphatic rings. The van der Waals surface area contributed by atoms with Crippen LogP contribution in [0.1, 0.15) is 0 Å². The molecule has 0 unspecified atom stereocenters. The molecule has 0 radical (unpaired) electrons. The van der Waals surface area contributed by atoms with Crippen LogP contribution < -0.4 is 0 Å². The molecule has 0 aliphatic carbocycles. The molecule has 0 saturated heterocycles. The SMILES string of the molecule is Ic1ccc2nccnc2n1. The zero-order chi connectivity index (χ0) is 7.68. The van der Waals surface area contributed by atoms with Crippen molar-refractivity contribution in [3.8, 4) is 0 Å². The number of halogens is 1. The van der Waals surface area contributed by atoms with Crippen LogP contribution in [0.25, 0.3) is 11.2 Å². The van der Waals surface area contributed by atoms with Crippen molar-refractivity contribution in [1.29, 1.82) is 0 Å². The van der Waals surface area contributed by atoms with Crippen molar-refractivity contribution in [3.63, 3.8) is 0 Å². The Kier molecular flexibility index (Phi) is 1.69. The summed E-state index contributed by atoms with van der Waals surface area (Å²) in [5.41, 5.74) is 1.55. The summed E-state index contributed by atoms with van der Waals surface area (Å²) in [5, 5.41) is 0. The Morgan fingerprint density at radius 1 is 1.09 bits per heavy atom. The third-order valence-electron chi connectivity index (χ3n) is 1.30. The van der Waals surface area contributed by atoms with Crippen molar-refractivity contribution in [2.45, 2.75) is 0 Å². The van der Waals surface area contributed by atoms with Crippen molar-refractivity contribution >= 4 is 33.8 Å². The molecule has 54 valence electrons. The lowest BCUT2D eigenvalue weighted by Crippen LogP contribution is -1.87. The summed E-state index contributed by atoms with van der Waals surface area (Å²) in [6.45, 7) is 0. The van der Waals surface area contributed by atoms with Gasteiger partial charge in [0.15, 0.2) is 5.65 Å². The third-order valence-corrected chi connectivity index (χ3v) is 1.90. The highest BCUT2D eigenvalue weighted by Crippen LogP contribution is 2.07. The molecule has 11 heavy (non-hydrogen) atoms. The van der Waals surface area contributed by atoms with Gasteiger partial charge in [0.05, 0.1) is 0 Å². The molecule has 0 saturated carbocycles. The molecule has 4 heteroatoms. The van der Waals surface area contributed by atoms with Gasteiger partial charge in [-0.05, 0) is 34.7 Å². The molecule has 0 atom stereocenters. The summed E-state index contributed by atoms with van der Waals surface area (Å²) in [5.74, 6) is 0. The Balaban J connectivity index is 2.83. The van der Waals surface area contributed by atoms with E-state index in [1.807, 2.05) is 12.1 Å². The molecule has 0 aliphatic heterocycles. The van der Waals surface area contributed by atoms with E-state index < -0.39 is 0 Å². The molecule has 0 amide bonds. The maximum atomic E-state index is 4.19. The average Bonchev–Trinajstić information content (AvgIpc) is 2.04. The predicted molar refractivity (Wildman–Crippen MR) is 50.1 cm³/mol. The van der Waals surface area contributed by atoms with E-state index in [-0.39, 0.29) is 0 Å². The lowest BCUT2D eigenvalue weighted by atomic mass is 10.4. The summed E-state index contributed by atoms with van der Waals surface area (Å²) in [6, 6.07) is 3.83. The van der Waals surface area contributed by atoms with Gasteiger partial charge in [0.1, 0.15) is 9.22 Å². The Morgan fingerprint density at radius 3 is 2.82 bits per heavy atom. The molecule has 0 bridgehead atoms. The van der Waals surface area contributed by atoms with Crippen LogP contribution in [0.3, 0.4) is 0 Å². The van der Waals surface area contributed by atoms with E-state index >= 15 is 0 Å². The monoisotopic (exact) mass is 257 g/mol. The zero-order valence-corrected chi connectivity index (χ0v) is 7.69. The van der Waals surface area contributed by atoms with Crippen LogP contribution in [0.5, 0.6) is 0 Å². The standard InChI is InChI=1S/C7H4IN3/c8-6-2-1-5-7(11-6)10-4-3-9-5/h1-4H. The first-order valence-electron chi connectivity index (χ1n) is 3.09. The number of rotatable bonds is 0. The van der Waals surface area contributed by atoms with Crippen LogP contribution in [0.2, 0.25) is 0 Å². The average molecular weight is 257 g/mol. The van der Waals surface area contributed by atoms with Gasteiger partial charge < -0.3 is 0 Å². The van der Waals surface area contributed by atoms with Gasteiger partial charge in [-0.1, -0.05) is 0 Å². The lowest BCUT2D eigenvalue weighted by molar-refractivity contribution is 1.20. The highest BCUT2D eigenvalue weighted by Gasteiger charge is 1.94. The van der Waals surface area contributed by atoms with Gasteiger partial charge in [-0.2, -0.15) is 0 Å². The molecule has 3 nitrogen and oxygen atoms in total.